The highest BCUT2D eigenvalue weighted by atomic mass is 32.2. The maximum absolute atomic E-state index is 13.2. The number of anilines is 1. The van der Waals surface area contributed by atoms with Gasteiger partial charge in [0.05, 0.1) is 30.9 Å². The van der Waals surface area contributed by atoms with E-state index in [0.717, 1.165) is 28.9 Å². The Kier molecular flexibility index (Phi) is 6.60. The van der Waals surface area contributed by atoms with Gasteiger partial charge in [0.1, 0.15) is 0 Å². The molecule has 7 nitrogen and oxygen atoms in total. The Labute approximate surface area is 179 Å². The van der Waals surface area contributed by atoms with E-state index in [4.69, 9.17) is 4.74 Å². The zero-order chi connectivity index (χ0) is 22.1. The number of rotatable bonds is 6. The third-order valence-corrected chi connectivity index (χ3v) is 7.97. The normalized spacial score (nSPS) is 19.9. The van der Waals surface area contributed by atoms with Gasteiger partial charge in [-0.05, 0) is 56.9 Å². The van der Waals surface area contributed by atoms with Crippen molar-refractivity contribution in [2.45, 2.75) is 45.8 Å². The van der Waals surface area contributed by atoms with Gasteiger partial charge in [-0.15, -0.1) is 0 Å². The second kappa shape index (κ2) is 8.69. The quantitative estimate of drug-likeness (QED) is 0.689. The average molecular weight is 437 g/mol. The van der Waals surface area contributed by atoms with Gasteiger partial charge in [-0.25, -0.2) is 12.7 Å². The summed E-state index contributed by atoms with van der Waals surface area (Å²) in [6.45, 7) is 7.57. The number of likely N-dealkylation sites (N-methyl/N-ethyl adjacent to an activating group) is 1. The lowest BCUT2D eigenvalue weighted by molar-refractivity contribution is -0.146. The number of hydrogen-bond acceptors (Lipinski definition) is 6. The van der Waals surface area contributed by atoms with E-state index in [1.165, 1.54) is 11.4 Å². The van der Waals surface area contributed by atoms with E-state index in [-0.39, 0.29) is 29.8 Å². The number of methoxy groups -OCH3 is 1. The standard InChI is InChI=1S/C22H32N2O5S/c1-5-24-20-7-6-16(14-25)12-19(20)18(13-22(24,2)3)15-30(27,28)23-10-8-17(9-11-23)21(26)29-4/h6-7,12-13,17,25H,5,8-11,14-15H2,1-4H3. The number of hydrogen-bond donors (Lipinski definition) is 1. The van der Waals surface area contributed by atoms with Gasteiger partial charge in [-0.3, -0.25) is 4.79 Å². The molecule has 166 valence electrons. The zero-order valence-corrected chi connectivity index (χ0v) is 19.0. The number of fused-ring (bicyclic) bond motifs is 1. The Balaban J connectivity index is 1.88. The van der Waals surface area contributed by atoms with Gasteiger partial charge in [-0.1, -0.05) is 12.1 Å². The predicted molar refractivity (Wildman–Crippen MR) is 118 cm³/mol. The maximum atomic E-state index is 13.2. The number of esters is 1. The van der Waals surface area contributed by atoms with Gasteiger partial charge in [0.25, 0.3) is 0 Å². The molecule has 1 fully saturated rings. The Morgan fingerprint density at radius 2 is 1.93 bits per heavy atom. The van der Waals surface area contributed by atoms with Crippen LogP contribution in [0.5, 0.6) is 0 Å². The fourth-order valence-electron chi connectivity index (χ4n) is 4.59. The van der Waals surface area contributed by atoms with Crippen molar-refractivity contribution >= 4 is 27.3 Å². The summed E-state index contributed by atoms with van der Waals surface area (Å²) in [6.07, 6.45) is 2.98. The van der Waals surface area contributed by atoms with Crippen LogP contribution in [-0.4, -0.2) is 61.8 Å². The molecule has 2 heterocycles. The molecule has 0 amide bonds. The lowest BCUT2D eigenvalue weighted by Crippen LogP contribution is -2.46. The molecule has 0 atom stereocenters. The third-order valence-electron chi connectivity index (χ3n) is 6.14. The molecule has 2 aliphatic heterocycles. The van der Waals surface area contributed by atoms with Gasteiger partial charge in [0.15, 0.2) is 0 Å². The van der Waals surface area contributed by atoms with Crippen molar-refractivity contribution in [3.8, 4) is 0 Å². The van der Waals surface area contributed by atoms with Crippen LogP contribution in [0.15, 0.2) is 24.3 Å². The Bertz CT molecular complexity index is 931. The number of piperidine rings is 1. The van der Waals surface area contributed by atoms with Gasteiger partial charge < -0.3 is 14.7 Å². The number of carbonyl (C=O) groups excluding carboxylic acids is 1. The van der Waals surface area contributed by atoms with Crippen molar-refractivity contribution in [3.05, 3.63) is 35.4 Å². The summed E-state index contributed by atoms with van der Waals surface area (Å²) < 4.78 is 32.7. The Morgan fingerprint density at radius 1 is 1.27 bits per heavy atom. The van der Waals surface area contributed by atoms with E-state index in [1.54, 1.807) is 0 Å². The number of ether oxygens (including phenoxy) is 1. The van der Waals surface area contributed by atoms with E-state index in [0.29, 0.717) is 25.9 Å². The predicted octanol–water partition coefficient (Wildman–Crippen LogP) is 2.40. The summed E-state index contributed by atoms with van der Waals surface area (Å²) in [6, 6.07) is 5.73. The molecule has 3 rings (SSSR count). The summed E-state index contributed by atoms with van der Waals surface area (Å²) in [7, 11) is -2.18. The first-order chi connectivity index (χ1) is 14.1. The van der Waals surface area contributed by atoms with Crippen LogP contribution in [0.3, 0.4) is 0 Å². The number of benzene rings is 1. The van der Waals surface area contributed by atoms with Gasteiger partial charge in [-0.2, -0.15) is 0 Å². The van der Waals surface area contributed by atoms with Crippen molar-refractivity contribution < 1.29 is 23.1 Å². The zero-order valence-electron chi connectivity index (χ0n) is 18.2. The molecule has 0 bridgehead atoms. The first-order valence-electron chi connectivity index (χ1n) is 10.4. The molecule has 0 aliphatic carbocycles. The fourth-order valence-corrected chi connectivity index (χ4v) is 6.17. The molecule has 1 saturated heterocycles. The molecule has 2 aliphatic rings. The average Bonchev–Trinajstić information content (AvgIpc) is 2.72. The molecule has 1 aromatic rings. The van der Waals surface area contributed by atoms with E-state index in [1.807, 2.05) is 24.3 Å². The second-order valence-corrected chi connectivity index (χ2v) is 10.5. The lowest BCUT2D eigenvalue weighted by Gasteiger charge is -2.43. The Morgan fingerprint density at radius 3 is 2.50 bits per heavy atom. The van der Waals surface area contributed by atoms with E-state index in [9.17, 15) is 18.3 Å². The van der Waals surface area contributed by atoms with Crippen LogP contribution < -0.4 is 4.90 Å². The maximum Gasteiger partial charge on any atom is 0.308 e. The van der Waals surface area contributed by atoms with Gasteiger partial charge in [0, 0.05) is 30.9 Å². The molecule has 30 heavy (non-hydrogen) atoms. The van der Waals surface area contributed by atoms with Gasteiger partial charge in [0.2, 0.25) is 10.0 Å². The molecular formula is C22H32N2O5S. The summed E-state index contributed by atoms with van der Waals surface area (Å²) >= 11 is 0. The smallest absolute Gasteiger partial charge is 0.308 e. The van der Waals surface area contributed by atoms with E-state index >= 15 is 0 Å². The monoisotopic (exact) mass is 436 g/mol. The number of aliphatic hydroxyl groups excluding tert-OH is 1. The molecule has 1 N–H and O–H groups in total. The first-order valence-corrected chi connectivity index (χ1v) is 12.0. The largest absolute Gasteiger partial charge is 0.469 e. The molecule has 8 heteroatoms. The summed E-state index contributed by atoms with van der Waals surface area (Å²) in [5.41, 5.74) is 3.02. The van der Waals surface area contributed by atoms with Crippen LogP contribution in [-0.2, 0) is 26.2 Å². The molecule has 0 aromatic heterocycles. The van der Waals surface area contributed by atoms with Crippen molar-refractivity contribution in [2.24, 2.45) is 5.92 Å². The summed E-state index contributed by atoms with van der Waals surface area (Å²) in [5, 5.41) is 9.58. The molecule has 0 radical (unpaired) electrons. The third kappa shape index (κ3) is 4.40. The molecule has 1 aromatic carbocycles. The highest BCUT2D eigenvalue weighted by Gasteiger charge is 2.36. The molecular weight excluding hydrogens is 404 g/mol. The number of carbonyl (C=O) groups is 1. The molecule has 0 spiro atoms. The van der Waals surface area contributed by atoms with Crippen LogP contribution in [0.25, 0.3) is 5.57 Å². The highest BCUT2D eigenvalue weighted by Crippen LogP contribution is 2.40. The minimum Gasteiger partial charge on any atom is -0.469 e. The molecule has 0 saturated carbocycles. The lowest BCUT2D eigenvalue weighted by atomic mass is 9.88. The van der Waals surface area contributed by atoms with E-state index in [2.05, 4.69) is 25.7 Å². The Hall–Kier alpha value is -1.90. The van der Waals surface area contributed by atoms with Crippen molar-refractivity contribution in [1.29, 1.82) is 0 Å². The summed E-state index contributed by atoms with van der Waals surface area (Å²) in [4.78, 5) is 14.0. The van der Waals surface area contributed by atoms with Crippen molar-refractivity contribution in [2.75, 3.05) is 37.4 Å². The topological polar surface area (TPSA) is 87.2 Å². The minimum atomic E-state index is -3.54. The van der Waals surface area contributed by atoms with Crippen LogP contribution in [0, 0.1) is 5.92 Å². The summed E-state index contributed by atoms with van der Waals surface area (Å²) in [5.74, 6) is -0.604. The molecule has 0 unspecified atom stereocenters. The van der Waals surface area contributed by atoms with Gasteiger partial charge >= 0.3 is 5.97 Å². The first kappa shape index (κ1) is 22.8. The number of nitrogens with zero attached hydrogens (tertiary/aromatic N) is 2. The van der Waals surface area contributed by atoms with Crippen LogP contribution >= 0.6 is 0 Å². The van der Waals surface area contributed by atoms with Crippen molar-refractivity contribution in [3.63, 3.8) is 0 Å². The number of sulfonamides is 1. The van der Waals surface area contributed by atoms with Crippen LogP contribution in [0.4, 0.5) is 5.69 Å². The number of aliphatic hydroxyl groups is 1. The highest BCUT2D eigenvalue weighted by molar-refractivity contribution is 7.89. The second-order valence-electron chi connectivity index (χ2n) is 8.53. The minimum absolute atomic E-state index is 0.0934. The van der Waals surface area contributed by atoms with Crippen molar-refractivity contribution in [1.82, 2.24) is 4.31 Å². The van der Waals surface area contributed by atoms with Crippen LogP contribution in [0.1, 0.15) is 44.7 Å². The SMILES string of the molecule is CCN1c2ccc(CO)cc2C(CS(=O)(=O)N2CCC(C(=O)OC)CC2)=CC1(C)C. The fraction of sp³-hybridized carbons (Fsp3) is 0.591. The van der Waals surface area contributed by atoms with E-state index < -0.39 is 10.0 Å². The van der Waals surface area contributed by atoms with Crippen LogP contribution in [0.2, 0.25) is 0 Å².